The van der Waals surface area contributed by atoms with E-state index in [0.29, 0.717) is 29.2 Å². The molecule has 6 heteroatoms. The van der Waals surface area contributed by atoms with Gasteiger partial charge in [-0.3, -0.25) is 4.79 Å². The molecule has 1 rings (SSSR count). The molecule has 0 aliphatic rings. The number of halogens is 1. The zero-order valence-electron chi connectivity index (χ0n) is 10.7. The maximum absolute atomic E-state index is 11.7. The number of nitrogens with one attached hydrogen (secondary N) is 1. The van der Waals surface area contributed by atoms with Gasteiger partial charge in [0.1, 0.15) is 0 Å². The van der Waals surface area contributed by atoms with Crippen LogP contribution in [0.1, 0.15) is 29.6 Å². The van der Waals surface area contributed by atoms with Crippen molar-refractivity contribution in [3.8, 4) is 0 Å². The highest BCUT2D eigenvalue weighted by atomic mass is 35.5. The quantitative estimate of drug-likeness (QED) is 0.620. The molecule has 0 atom stereocenters. The highest BCUT2D eigenvalue weighted by molar-refractivity contribution is 6.33. The summed E-state index contributed by atoms with van der Waals surface area (Å²) in [6, 6.07) is 4.58. The van der Waals surface area contributed by atoms with Gasteiger partial charge in [-0.05, 0) is 37.6 Å². The number of hydrogen-bond donors (Lipinski definition) is 2. The fourth-order valence-electron chi connectivity index (χ4n) is 1.51. The first-order chi connectivity index (χ1) is 9.08. The number of unbranched alkanes of at least 4 members (excludes halogenated alkanes) is 1. The van der Waals surface area contributed by atoms with Gasteiger partial charge < -0.3 is 15.8 Å². The van der Waals surface area contributed by atoms with Crippen molar-refractivity contribution < 1.29 is 14.3 Å². The second-order valence-electron chi connectivity index (χ2n) is 3.98. The normalized spacial score (nSPS) is 10.1. The van der Waals surface area contributed by atoms with Crippen LogP contribution in [0.15, 0.2) is 18.2 Å². The van der Waals surface area contributed by atoms with Crippen molar-refractivity contribution in [2.45, 2.75) is 19.3 Å². The summed E-state index contributed by atoms with van der Waals surface area (Å²) in [5.74, 6) is -0.632. The van der Waals surface area contributed by atoms with E-state index < -0.39 is 5.97 Å². The van der Waals surface area contributed by atoms with Crippen LogP contribution in [-0.4, -0.2) is 25.5 Å². The van der Waals surface area contributed by atoms with E-state index in [0.717, 1.165) is 12.8 Å². The molecule has 0 aromatic heterocycles. The Balaban J connectivity index is 2.71. The molecular formula is C13H17ClN2O3. The van der Waals surface area contributed by atoms with E-state index in [1.165, 1.54) is 19.2 Å². The van der Waals surface area contributed by atoms with E-state index in [1.54, 1.807) is 6.07 Å². The van der Waals surface area contributed by atoms with E-state index in [1.807, 2.05) is 0 Å². The number of anilines is 1. The molecule has 1 aromatic rings. The summed E-state index contributed by atoms with van der Waals surface area (Å²) in [4.78, 5) is 23.0. The highest BCUT2D eigenvalue weighted by Crippen LogP contribution is 2.23. The van der Waals surface area contributed by atoms with Gasteiger partial charge in [-0.2, -0.15) is 0 Å². The molecule has 3 N–H and O–H groups in total. The van der Waals surface area contributed by atoms with E-state index in [9.17, 15) is 9.59 Å². The van der Waals surface area contributed by atoms with Gasteiger partial charge >= 0.3 is 5.97 Å². The van der Waals surface area contributed by atoms with Gasteiger partial charge in [0.05, 0.1) is 23.4 Å². The maximum Gasteiger partial charge on any atom is 0.337 e. The Hall–Kier alpha value is -1.59. The smallest absolute Gasteiger partial charge is 0.337 e. The Morgan fingerprint density at radius 3 is 2.74 bits per heavy atom. The SMILES string of the molecule is COC(=O)c1ccc(Cl)c(NC(=O)CCCCN)c1. The number of carbonyl (C=O) groups is 2. The monoisotopic (exact) mass is 284 g/mol. The van der Waals surface area contributed by atoms with Crippen molar-refractivity contribution in [3.63, 3.8) is 0 Å². The van der Waals surface area contributed by atoms with E-state index in [4.69, 9.17) is 17.3 Å². The number of carbonyl (C=O) groups excluding carboxylic acids is 2. The lowest BCUT2D eigenvalue weighted by atomic mass is 10.2. The molecule has 0 heterocycles. The first-order valence-corrected chi connectivity index (χ1v) is 6.34. The van der Waals surface area contributed by atoms with Gasteiger partial charge in [0.25, 0.3) is 0 Å². The van der Waals surface area contributed by atoms with Crippen molar-refractivity contribution >= 4 is 29.2 Å². The molecule has 0 saturated carbocycles. The summed E-state index contributed by atoms with van der Waals surface area (Å²) >= 11 is 5.96. The molecule has 0 bridgehead atoms. The van der Waals surface area contributed by atoms with Gasteiger partial charge in [0.2, 0.25) is 5.91 Å². The molecule has 19 heavy (non-hydrogen) atoms. The topological polar surface area (TPSA) is 81.4 Å². The number of amides is 1. The molecule has 104 valence electrons. The summed E-state index contributed by atoms with van der Waals surface area (Å²) < 4.78 is 4.61. The number of hydrogen-bond acceptors (Lipinski definition) is 4. The van der Waals surface area contributed by atoms with E-state index in [2.05, 4.69) is 10.1 Å². The number of rotatable bonds is 6. The molecule has 1 aromatic carbocycles. The third kappa shape index (κ3) is 4.89. The fraction of sp³-hybridized carbons (Fsp3) is 0.385. The summed E-state index contributed by atoms with van der Waals surface area (Å²) in [5, 5.41) is 3.04. The lowest BCUT2D eigenvalue weighted by Gasteiger charge is -2.08. The van der Waals surface area contributed by atoms with Crippen molar-refractivity contribution in [3.05, 3.63) is 28.8 Å². The minimum atomic E-state index is -0.477. The van der Waals surface area contributed by atoms with Crippen LogP contribution in [0.2, 0.25) is 5.02 Å². The van der Waals surface area contributed by atoms with Crippen LogP contribution < -0.4 is 11.1 Å². The number of methoxy groups -OCH3 is 1. The standard InChI is InChI=1S/C13H17ClN2O3/c1-19-13(18)9-5-6-10(14)11(8-9)16-12(17)4-2-3-7-15/h5-6,8H,2-4,7,15H2,1H3,(H,16,17). The molecular weight excluding hydrogens is 268 g/mol. The molecule has 5 nitrogen and oxygen atoms in total. The third-order valence-electron chi connectivity index (χ3n) is 2.52. The molecule has 0 radical (unpaired) electrons. The minimum Gasteiger partial charge on any atom is -0.465 e. The van der Waals surface area contributed by atoms with Gasteiger partial charge in [-0.1, -0.05) is 11.6 Å². The Labute approximate surface area is 117 Å². The van der Waals surface area contributed by atoms with Crippen molar-refractivity contribution in [1.82, 2.24) is 0 Å². The molecule has 0 fully saturated rings. The van der Waals surface area contributed by atoms with Crippen LogP contribution >= 0.6 is 11.6 Å². The second-order valence-corrected chi connectivity index (χ2v) is 4.39. The van der Waals surface area contributed by atoms with Crippen LogP contribution in [-0.2, 0) is 9.53 Å². The third-order valence-corrected chi connectivity index (χ3v) is 2.85. The average molecular weight is 285 g/mol. The van der Waals surface area contributed by atoms with Gasteiger partial charge in [-0.25, -0.2) is 4.79 Å². The zero-order chi connectivity index (χ0) is 14.3. The summed E-state index contributed by atoms with van der Waals surface area (Å²) in [6.07, 6.45) is 1.88. The molecule has 0 spiro atoms. The lowest BCUT2D eigenvalue weighted by Crippen LogP contribution is -2.13. The molecule has 0 aliphatic carbocycles. The van der Waals surface area contributed by atoms with Crippen molar-refractivity contribution in [2.75, 3.05) is 19.0 Å². The largest absolute Gasteiger partial charge is 0.465 e. The maximum atomic E-state index is 11.7. The zero-order valence-corrected chi connectivity index (χ0v) is 11.5. The van der Waals surface area contributed by atoms with Gasteiger partial charge in [0.15, 0.2) is 0 Å². The first kappa shape index (κ1) is 15.5. The van der Waals surface area contributed by atoms with E-state index >= 15 is 0 Å². The predicted octanol–water partition coefficient (Wildman–Crippen LogP) is 2.19. The molecule has 0 saturated heterocycles. The summed E-state index contributed by atoms with van der Waals surface area (Å²) in [5.41, 5.74) is 6.10. The highest BCUT2D eigenvalue weighted by Gasteiger charge is 2.11. The predicted molar refractivity (Wildman–Crippen MR) is 74.3 cm³/mol. The Morgan fingerprint density at radius 1 is 1.37 bits per heavy atom. The Morgan fingerprint density at radius 2 is 2.11 bits per heavy atom. The van der Waals surface area contributed by atoms with Crippen LogP contribution in [0.3, 0.4) is 0 Å². The van der Waals surface area contributed by atoms with E-state index in [-0.39, 0.29) is 5.91 Å². The number of nitrogens with two attached hydrogens (primary N) is 1. The number of benzene rings is 1. The van der Waals surface area contributed by atoms with Crippen LogP contribution in [0.5, 0.6) is 0 Å². The molecule has 1 amide bonds. The lowest BCUT2D eigenvalue weighted by molar-refractivity contribution is -0.116. The number of esters is 1. The molecule has 0 aliphatic heterocycles. The van der Waals surface area contributed by atoms with Crippen LogP contribution in [0, 0.1) is 0 Å². The summed E-state index contributed by atoms with van der Waals surface area (Å²) in [6.45, 7) is 0.561. The Bertz CT molecular complexity index is 463. The van der Waals surface area contributed by atoms with Crippen molar-refractivity contribution in [2.24, 2.45) is 5.73 Å². The number of ether oxygens (including phenoxy) is 1. The van der Waals surface area contributed by atoms with Crippen LogP contribution in [0.4, 0.5) is 5.69 Å². The first-order valence-electron chi connectivity index (χ1n) is 5.96. The van der Waals surface area contributed by atoms with Gasteiger partial charge in [-0.15, -0.1) is 0 Å². The van der Waals surface area contributed by atoms with Gasteiger partial charge in [0, 0.05) is 6.42 Å². The van der Waals surface area contributed by atoms with Crippen molar-refractivity contribution in [1.29, 1.82) is 0 Å². The summed E-state index contributed by atoms with van der Waals surface area (Å²) in [7, 11) is 1.29. The second kappa shape index (κ2) is 7.76. The fourth-order valence-corrected chi connectivity index (χ4v) is 1.67. The average Bonchev–Trinajstić information content (AvgIpc) is 2.40. The van der Waals surface area contributed by atoms with Crippen LogP contribution in [0.25, 0.3) is 0 Å². The minimum absolute atomic E-state index is 0.155. The Kier molecular flexibility index (Phi) is 6.32. The molecule has 0 unspecified atom stereocenters.